The van der Waals surface area contributed by atoms with Gasteiger partial charge in [-0.2, -0.15) is 0 Å². The highest BCUT2D eigenvalue weighted by Crippen LogP contribution is 2.23. The molecule has 0 saturated heterocycles. The van der Waals surface area contributed by atoms with Gasteiger partial charge in [-0.25, -0.2) is 4.98 Å². The minimum absolute atomic E-state index is 0.0322. The van der Waals surface area contributed by atoms with Crippen molar-refractivity contribution >= 4 is 34.7 Å². The highest BCUT2D eigenvalue weighted by molar-refractivity contribution is 7.99. The van der Waals surface area contributed by atoms with E-state index in [9.17, 15) is 4.79 Å². The predicted octanol–water partition coefficient (Wildman–Crippen LogP) is 4.31. The van der Waals surface area contributed by atoms with E-state index in [1.165, 1.54) is 27.8 Å². The normalized spacial score (nSPS) is 10.8. The topological polar surface area (TPSA) is 70.7 Å². The lowest BCUT2D eigenvalue weighted by molar-refractivity contribution is -0.113. The third kappa shape index (κ3) is 4.74. The molecule has 2 heterocycles. The van der Waals surface area contributed by atoms with Gasteiger partial charge in [-0.3, -0.25) is 9.89 Å². The number of benzene rings is 1. The Hall–Kier alpha value is -2.12. The second-order valence-corrected chi connectivity index (χ2v) is 7.79. The molecule has 0 aliphatic carbocycles. The van der Waals surface area contributed by atoms with Crippen molar-refractivity contribution in [1.82, 2.24) is 15.2 Å². The monoisotopic (exact) mass is 386 g/mol. The summed E-state index contributed by atoms with van der Waals surface area (Å²) in [5, 5.41) is 12.9. The van der Waals surface area contributed by atoms with Crippen molar-refractivity contribution in [3.8, 4) is 0 Å². The van der Waals surface area contributed by atoms with Crippen molar-refractivity contribution in [2.75, 3.05) is 11.1 Å². The van der Waals surface area contributed by atoms with E-state index >= 15 is 0 Å². The Morgan fingerprint density at radius 2 is 1.96 bits per heavy atom. The third-order valence-corrected chi connectivity index (χ3v) is 5.75. The number of rotatable bonds is 8. The van der Waals surface area contributed by atoms with Gasteiger partial charge in [0.15, 0.2) is 0 Å². The number of hydrogen-bond donors (Lipinski definition) is 2. The number of thiophene rings is 1. The smallest absolute Gasteiger partial charge is 0.234 e. The summed E-state index contributed by atoms with van der Waals surface area (Å²) >= 11 is 3.04. The maximum atomic E-state index is 12.4. The van der Waals surface area contributed by atoms with Crippen LogP contribution in [0.5, 0.6) is 0 Å². The summed E-state index contributed by atoms with van der Waals surface area (Å²) in [7, 11) is 0. The molecule has 2 aromatic heterocycles. The molecule has 26 heavy (non-hydrogen) atoms. The van der Waals surface area contributed by atoms with Crippen LogP contribution in [0, 0.1) is 0 Å². The van der Waals surface area contributed by atoms with E-state index in [0.717, 1.165) is 30.8 Å². The maximum Gasteiger partial charge on any atom is 0.234 e. The van der Waals surface area contributed by atoms with Crippen LogP contribution in [0.25, 0.3) is 0 Å². The summed E-state index contributed by atoms with van der Waals surface area (Å²) in [4.78, 5) is 18.1. The standard InChI is InChI=1S/C19H22N4OS2/c1-3-13-7-5-8-14(4-2)18(13)21-17(24)12-26-19-20-16(22-23-19)11-15-9-6-10-25-15/h5-10H,3-4,11-12H2,1-2H3,(H,21,24)(H,20,22,23). The number of nitrogens with one attached hydrogen (secondary N) is 2. The molecule has 0 spiro atoms. The Labute approximate surface area is 161 Å². The molecule has 5 nitrogen and oxygen atoms in total. The van der Waals surface area contributed by atoms with Crippen LogP contribution < -0.4 is 5.32 Å². The number of aromatic amines is 1. The first kappa shape index (κ1) is 18.7. The minimum Gasteiger partial charge on any atom is -0.325 e. The van der Waals surface area contributed by atoms with Gasteiger partial charge < -0.3 is 5.32 Å². The van der Waals surface area contributed by atoms with Crippen molar-refractivity contribution in [3.63, 3.8) is 0 Å². The SMILES string of the molecule is CCc1cccc(CC)c1NC(=O)CSc1n[nH]c(Cc2cccs2)n1. The quantitative estimate of drug-likeness (QED) is 0.566. The molecule has 0 bridgehead atoms. The minimum atomic E-state index is -0.0322. The van der Waals surface area contributed by atoms with Gasteiger partial charge in [-0.05, 0) is 35.4 Å². The van der Waals surface area contributed by atoms with Crippen LogP contribution in [-0.2, 0) is 24.1 Å². The van der Waals surface area contributed by atoms with E-state index in [4.69, 9.17) is 0 Å². The molecule has 0 fully saturated rings. The molecular weight excluding hydrogens is 364 g/mol. The number of aryl methyl sites for hydroxylation is 2. The van der Waals surface area contributed by atoms with Crippen LogP contribution in [0.1, 0.15) is 35.7 Å². The number of hydrogen-bond acceptors (Lipinski definition) is 5. The average molecular weight is 387 g/mol. The van der Waals surface area contributed by atoms with Gasteiger partial charge in [0.05, 0.1) is 5.75 Å². The summed E-state index contributed by atoms with van der Waals surface area (Å²) in [6.45, 7) is 4.20. The first-order chi connectivity index (χ1) is 12.7. The van der Waals surface area contributed by atoms with Gasteiger partial charge in [0.25, 0.3) is 0 Å². The van der Waals surface area contributed by atoms with Gasteiger partial charge in [0.1, 0.15) is 5.82 Å². The Morgan fingerprint density at radius 1 is 1.19 bits per heavy atom. The fourth-order valence-corrected chi connectivity index (χ4v) is 4.03. The predicted molar refractivity (Wildman–Crippen MR) is 108 cm³/mol. The van der Waals surface area contributed by atoms with Crippen LogP contribution in [0.2, 0.25) is 0 Å². The van der Waals surface area contributed by atoms with Crippen molar-refractivity contribution in [2.24, 2.45) is 0 Å². The number of amides is 1. The molecule has 1 aromatic carbocycles. The zero-order valence-electron chi connectivity index (χ0n) is 14.9. The van der Waals surface area contributed by atoms with E-state index in [0.29, 0.717) is 5.16 Å². The molecular formula is C19H22N4OS2. The van der Waals surface area contributed by atoms with Crippen LogP contribution in [0.4, 0.5) is 5.69 Å². The van der Waals surface area contributed by atoms with Crippen LogP contribution in [-0.4, -0.2) is 26.8 Å². The van der Waals surface area contributed by atoms with Crippen molar-refractivity contribution in [1.29, 1.82) is 0 Å². The van der Waals surface area contributed by atoms with Crippen molar-refractivity contribution in [3.05, 3.63) is 57.5 Å². The molecule has 3 rings (SSSR count). The molecule has 0 aliphatic heterocycles. The molecule has 7 heteroatoms. The Balaban J connectivity index is 1.57. The lowest BCUT2D eigenvalue weighted by Crippen LogP contribution is -2.16. The summed E-state index contributed by atoms with van der Waals surface area (Å²) in [6.07, 6.45) is 2.52. The number of thioether (sulfide) groups is 1. The van der Waals surface area contributed by atoms with Crippen LogP contribution in [0.3, 0.4) is 0 Å². The second kappa shape index (κ2) is 9.00. The maximum absolute atomic E-state index is 12.4. The van der Waals surface area contributed by atoms with Crippen LogP contribution >= 0.6 is 23.1 Å². The lowest BCUT2D eigenvalue weighted by atomic mass is 10.0. The Morgan fingerprint density at radius 3 is 2.62 bits per heavy atom. The van der Waals surface area contributed by atoms with Gasteiger partial charge in [-0.1, -0.05) is 49.9 Å². The van der Waals surface area contributed by atoms with Gasteiger partial charge in [0.2, 0.25) is 11.1 Å². The lowest BCUT2D eigenvalue weighted by Gasteiger charge is -2.14. The van der Waals surface area contributed by atoms with E-state index in [2.05, 4.69) is 52.5 Å². The van der Waals surface area contributed by atoms with Crippen molar-refractivity contribution < 1.29 is 4.79 Å². The highest BCUT2D eigenvalue weighted by Gasteiger charge is 2.12. The van der Waals surface area contributed by atoms with E-state index in [1.54, 1.807) is 11.3 Å². The second-order valence-electron chi connectivity index (χ2n) is 5.82. The average Bonchev–Trinajstić information content (AvgIpc) is 3.32. The summed E-state index contributed by atoms with van der Waals surface area (Å²) in [5.41, 5.74) is 3.29. The zero-order valence-corrected chi connectivity index (χ0v) is 16.5. The number of carbonyl (C=O) groups excluding carboxylic acids is 1. The van der Waals surface area contributed by atoms with E-state index in [-0.39, 0.29) is 11.7 Å². The van der Waals surface area contributed by atoms with E-state index in [1.807, 2.05) is 17.5 Å². The third-order valence-electron chi connectivity index (χ3n) is 4.03. The zero-order chi connectivity index (χ0) is 18.4. The van der Waals surface area contributed by atoms with Gasteiger partial charge in [0, 0.05) is 17.0 Å². The number of H-pyrrole nitrogens is 1. The number of para-hydroxylation sites is 1. The molecule has 0 unspecified atom stereocenters. The number of carbonyl (C=O) groups is 1. The molecule has 0 radical (unpaired) electrons. The highest BCUT2D eigenvalue weighted by atomic mass is 32.2. The number of nitrogens with zero attached hydrogens (tertiary/aromatic N) is 2. The fraction of sp³-hybridized carbons (Fsp3) is 0.316. The molecule has 3 aromatic rings. The molecule has 0 aliphatic rings. The van der Waals surface area contributed by atoms with Crippen LogP contribution in [0.15, 0.2) is 40.9 Å². The van der Waals surface area contributed by atoms with Crippen molar-refractivity contribution in [2.45, 2.75) is 38.3 Å². The summed E-state index contributed by atoms with van der Waals surface area (Å²) < 4.78 is 0. The van der Waals surface area contributed by atoms with E-state index < -0.39 is 0 Å². The van der Waals surface area contributed by atoms with Gasteiger partial charge in [-0.15, -0.1) is 16.4 Å². The van der Waals surface area contributed by atoms with Gasteiger partial charge >= 0.3 is 0 Å². The first-order valence-corrected chi connectivity index (χ1v) is 10.5. The molecule has 1 amide bonds. The molecule has 136 valence electrons. The molecule has 0 saturated carbocycles. The number of aromatic nitrogens is 3. The summed E-state index contributed by atoms with van der Waals surface area (Å²) in [5.74, 6) is 1.08. The molecule has 2 N–H and O–H groups in total. The largest absolute Gasteiger partial charge is 0.325 e. The Bertz CT molecular complexity index is 836. The number of anilines is 1. The first-order valence-electron chi connectivity index (χ1n) is 8.66. The molecule has 0 atom stereocenters. The Kier molecular flexibility index (Phi) is 6.46. The summed E-state index contributed by atoms with van der Waals surface area (Å²) in [6, 6.07) is 10.3. The fourth-order valence-electron chi connectivity index (χ4n) is 2.71.